The van der Waals surface area contributed by atoms with Crippen molar-refractivity contribution in [1.82, 2.24) is 4.90 Å². The molecule has 0 bridgehead atoms. The third-order valence-corrected chi connectivity index (χ3v) is 15.0. The van der Waals surface area contributed by atoms with Crippen molar-refractivity contribution in [3.63, 3.8) is 0 Å². The largest absolute Gasteiger partial charge is 0.466 e. The number of nitrogens with zero attached hydrogens (tertiary/aromatic N) is 1. The van der Waals surface area contributed by atoms with Crippen LogP contribution in [0.15, 0.2) is 0 Å². The molecule has 76 heavy (non-hydrogen) atoms. The second-order valence-corrected chi connectivity index (χ2v) is 22.6. The van der Waals surface area contributed by atoms with Gasteiger partial charge in [-0.15, -0.1) is 0 Å². The number of esters is 2. The Morgan fingerprint density at radius 3 is 0.789 bits per heavy atom. The number of carbonyl (C=O) groups is 2. The van der Waals surface area contributed by atoms with Gasteiger partial charge in [0.25, 0.3) is 0 Å². The molecule has 0 aromatic heterocycles. The fourth-order valence-electron chi connectivity index (χ4n) is 9.94. The second-order valence-electron chi connectivity index (χ2n) is 22.6. The van der Waals surface area contributed by atoms with Gasteiger partial charge in [0.15, 0.2) is 12.6 Å². The van der Waals surface area contributed by atoms with E-state index in [1.807, 2.05) is 0 Å². The summed E-state index contributed by atoms with van der Waals surface area (Å²) in [6, 6.07) is 0. The normalized spacial score (nSPS) is 11.8. The summed E-state index contributed by atoms with van der Waals surface area (Å²) in [5.41, 5.74) is 0. The summed E-state index contributed by atoms with van der Waals surface area (Å²) >= 11 is 0. The number of aliphatic hydroxyl groups is 1. The topological polar surface area (TPSA) is 113 Å². The fraction of sp³-hybridized carbons (Fsp3) is 0.970. The van der Waals surface area contributed by atoms with E-state index >= 15 is 0 Å². The van der Waals surface area contributed by atoms with Crippen LogP contribution in [-0.4, -0.2) is 100 Å². The molecule has 0 spiro atoms. The molecule has 0 fully saturated rings. The van der Waals surface area contributed by atoms with E-state index in [9.17, 15) is 14.7 Å². The van der Waals surface area contributed by atoms with Crippen LogP contribution in [0.4, 0.5) is 0 Å². The van der Waals surface area contributed by atoms with Gasteiger partial charge in [0.2, 0.25) is 0 Å². The van der Waals surface area contributed by atoms with Gasteiger partial charge in [0.1, 0.15) is 0 Å². The standard InChI is InChI=1S/C66H131NO9/c1-5-9-13-17-21-25-29-33-43-59-73-65(74-60-44-34-30-26-22-18-14-10-6-2)51-49-63(69)71-57-47-37-39-53-67(55-41-42-56-68)54-40-38-48-58-72-64(70)50-52-66(75-61-45-35-31-27-23-19-15-11-7-3)76-62-46-36-32-28-24-20-16-12-8-4/h65-66,68H,5-62H2,1-4H3. The summed E-state index contributed by atoms with van der Waals surface area (Å²) < 4.78 is 36.2. The van der Waals surface area contributed by atoms with Crippen molar-refractivity contribution in [2.24, 2.45) is 0 Å². The molecule has 0 atom stereocenters. The number of rotatable bonds is 66. The van der Waals surface area contributed by atoms with Crippen LogP contribution in [0, 0.1) is 0 Å². The molecular weight excluding hydrogens is 951 g/mol. The molecule has 0 saturated heterocycles. The Morgan fingerprint density at radius 2 is 0.526 bits per heavy atom. The molecule has 0 heterocycles. The van der Waals surface area contributed by atoms with E-state index in [1.54, 1.807) is 0 Å². The quantitative estimate of drug-likeness (QED) is 0.0359. The van der Waals surface area contributed by atoms with Crippen molar-refractivity contribution in [2.75, 3.05) is 65.9 Å². The van der Waals surface area contributed by atoms with Crippen molar-refractivity contribution in [1.29, 1.82) is 0 Å². The average molecular weight is 1080 g/mol. The first-order valence-electron chi connectivity index (χ1n) is 33.6. The van der Waals surface area contributed by atoms with Gasteiger partial charge >= 0.3 is 11.9 Å². The van der Waals surface area contributed by atoms with E-state index in [4.69, 9.17) is 28.4 Å². The first kappa shape index (κ1) is 74.7. The maximum Gasteiger partial charge on any atom is 0.305 e. The first-order chi connectivity index (χ1) is 37.5. The summed E-state index contributed by atoms with van der Waals surface area (Å²) in [6.45, 7) is 15.9. The van der Waals surface area contributed by atoms with Crippen molar-refractivity contribution in [3.8, 4) is 0 Å². The number of carbonyl (C=O) groups excluding carboxylic acids is 2. The average Bonchev–Trinajstić information content (AvgIpc) is 3.42. The molecule has 454 valence electrons. The summed E-state index contributed by atoms with van der Waals surface area (Å²) in [4.78, 5) is 28.1. The zero-order valence-corrected chi connectivity index (χ0v) is 51.3. The van der Waals surface area contributed by atoms with Crippen molar-refractivity contribution in [2.45, 2.75) is 348 Å². The van der Waals surface area contributed by atoms with E-state index in [0.29, 0.717) is 65.3 Å². The van der Waals surface area contributed by atoms with Crippen LogP contribution in [0.5, 0.6) is 0 Å². The Balaban J connectivity index is 4.56. The van der Waals surface area contributed by atoms with Crippen LogP contribution < -0.4 is 0 Å². The third-order valence-electron chi connectivity index (χ3n) is 15.0. The molecular formula is C66H131NO9. The lowest BCUT2D eigenvalue weighted by Gasteiger charge is -2.22. The van der Waals surface area contributed by atoms with Crippen LogP contribution in [0.2, 0.25) is 0 Å². The maximum atomic E-state index is 12.8. The minimum Gasteiger partial charge on any atom is -0.466 e. The second kappa shape index (κ2) is 64.5. The van der Waals surface area contributed by atoms with Crippen LogP contribution in [0.1, 0.15) is 336 Å². The molecule has 10 heteroatoms. The first-order valence-corrected chi connectivity index (χ1v) is 33.6. The molecule has 0 aromatic rings. The molecule has 0 rings (SSSR count). The molecule has 0 amide bonds. The lowest BCUT2D eigenvalue weighted by molar-refractivity contribution is -0.159. The molecule has 0 radical (unpaired) electrons. The molecule has 10 nitrogen and oxygen atoms in total. The lowest BCUT2D eigenvalue weighted by Crippen LogP contribution is -2.27. The van der Waals surface area contributed by atoms with Gasteiger partial charge in [-0.25, -0.2) is 0 Å². The molecule has 0 aliphatic rings. The smallest absolute Gasteiger partial charge is 0.305 e. The summed E-state index contributed by atoms with van der Waals surface area (Å²) in [6.07, 6.45) is 54.7. The van der Waals surface area contributed by atoms with Gasteiger partial charge < -0.3 is 38.4 Å². The number of aliphatic hydroxyl groups excluding tert-OH is 1. The van der Waals surface area contributed by atoms with Crippen LogP contribution in [0.25, 0.3) is 0 Å². The number of ether oxygens (including phenoxy) is 6. The van der Waals surface area contributed by atoms with Gasteiger partial charge in [-0.3, -0.25) is 9.59 Å². The van der Waals surface area contributed by atoms with Crippen molar-refractivity contribution < 1.29 is 43.1 Å². The van der Waals surface area contributed by atoms with Crippen molar-refractivity contribution in [3.05, 3.63) is 0 Å². The molecule has 0 saturated carbocycles. The van der Waals surface area contributed by atoms with Gasteiger partial charge in [-0.05, 0) is 96.7 Å². The Hall–Kier alpha value is -1.30. The highest BCUT2D eigenvalue weighted by atomic mass is 16.7. The highest BCUT2D eigenvalue weighted by Gasteiger charge is 2.16. The minimum atomic E-state index is -0.343. The fourth-order valence-corrected chi connectivity index (χ4v) is 9.94. The minimum absolute atomic E-state index is 0.161. The monoisotopic (exact) mass is 1080 g/mol. The lowest BCUT2D eigenvalue weighted by atomic mass is 10.1. The van der Waals surface area contributed by atoms with E-state index in [-0.39, 0.29) is 31.1 Å². The van der Waals surface area contributed by atoms with Gasteiger partial charge in [-0.1, -0.05) is 233 Å². The highest BCUT2D eigenvalue weighted by Crippen LogP contribution is 2.17. The summed E-state index contributed by atoms with van der Waals surface area (Å²) in [5, 5.41) is 9.42. The Labute approximate surface area is 472 Å². The number of unbranched alkanes of at least 4 members (excludes halogenated alkanes) is 37. The number of hydrogen-bond donors (Lipinski definition) is 1. The maximum absolute atomic E-state index is 12.8. The Kier molecular flexibility index (Phi) is 63.4. The predicted octanol–water partition coefficient (Wildman–Crippen LogP) is 18.9. The van der Waals surface area contributed by atoms with Gasteiger partial charge in [-0.2, -0.15) is 0 Å². The predicted molar refractivity (Wildman–Crippen MR) is 321 cm³/mol. The Morgan fingerprint density at radius 1 is 0.303 bits per heavy atom. The van der Waals surface area contributed by atoms with Gasteiger partial charge in [0, 0.05) is 45.9 Å². The molecule has 0 unspecified atom stereocenters. The van der Waals surface area contributed by atoms with Gasteiger partial charge in [0.05, 0.1) is 26.1 Å². The van der Waals surface area contributed by atoms with Crippen LogP contribution in [-0.2, 0) is 38.0 Å². The van der Waals surface area contributed by atoms with E-state index in [1.165, 1.54) is 205 Å². The van der Waals surface area contributed by atoms with Crippen LogP contribution >= 0.6 is 0 Å². The SMILES string of the molecule is CCCCCCCCCCCOC(CCC(=O)OCCCCCN(CCCCO)CCCCCOC(=O)CCC(OCCCCCCCCCCC)OCCCCCCCCCCC)OCCCCCCCCCCC. The third kappa shape index (κ3) is 58.8. The molecule has 0 aromatic carbocycles. The zero-order valence-electron chi connectivity index (χ0n) is 51.3. The summed E-state index contributed by atoms with van der Waals surface area (Å²) in [5.74, 6) is -0.322. The van der Waals surface area contributed by atoms with E-state index in [0.717, 1.165) is 96.7 Å². The highest BCUT2D eigenvalue weighted by molar-refractivity contribution is 5.69. The molecule has 1 N–H and O–H groups in total. The van der Waals surface area contributed by atoms with E-state index < -0.39 is 0 Å². The molecule has 0 aliphatic heterocycles. The Bertz CT molecular complexity index is 1000. The van der Waals surface area contributed by atoms with E-state index in [2.05, 4.69) is 32.6 Å². The molecule has 0 aliphatic carbocycles. The summed E-state index contributed by atoms with van der Waals surface area (Å²) in [7, 11) is 0. The van der Waals surface area contributed by atoms with Crippen LogP contribution in [0.3, 0.4) is 0 Å². The zero-order chi connectivity index (χ0) is 55.1. The number of hydrogen-bond acceptors (Lipinski definition) is 10. The van der Waals surface area contributed by atoms with Crippen molar-refractivity contribution >= 4 is 11.9 Å².